The van der Waals surface area contributed by atoms with Crippen LogP contribution in [0.25, 0.3) is 33.7 Å². The Morgan fingerprint density at radius 1 is 1.20 bits per heavy atom. The van der Waals surface area contributed by atoms with E-state index in [1.54, 1.807) is 42.3 Å². The number of carbonyl (C=O) groups excluding carboxylic acids is 1. The largest absolute Gasteiger partial charge is 0.382 e. The Balaban J connectivity index is 0.00000181. The van der Waals surface area contributed by atoms with Gasteiger partial charge < -0.3 is 20.6 Å². The van der Waals surface area contributed by atoms with Gasteiger partial charge in [0.1, 0.15) is 5.82 Å². The first-order valence-corrected chi connectivity index (χ1v) is 12.6. The summed E-state index contributed by atoms with van der Waals surface area (Å²) in [5, 5.41) is 22.5. The molecule has 0 saturated carbocycles. The van der Waals surface area contributed by atoms with E-state index in [1.165, 1.54) is 6.07 Å². The monoisotopic (exact) mass is 546 g/mol. The van der Waals surface area contributed by atoms with E-state index in [2.05, 4.69) is 35.5 Å². The molecule has 0 fully saturated rings. The van der Waals surface area contributed by atoms with Crippen molar-refractivity contribution < 1.29 is 14.2 Å². The van der Waals surface area contributed by atoms with E-state index in [0.717, 1.165) is 0 Å². The molecule has 0 unspecified atom stereocenters. The van der Waals surface area contributed by atoms with Crippen LogP contribution in [0.4, 0.5) is 11.5 Å². The number of anilines is 1. The van der Waals surface area contributed by atoms with Crippen LogP contribution < -0.4 is 11.1 Å². The number of hydrogen-bond donors (Lipinski definition) is 3. The molecule has 1 aromatic carbocycles. The summed E-state index contributed by atoms with van der Waals surface area (Å²) in [6, 6.07) is 6.50. The van der Waals surface area contributed by atoms with E-state index < -0.39 is 16.2 Å². The lowest BCUT2D eigenvalue weighted by molar-refractivity contribution is -0.385. The summed E-state index contributed by atoms with van der Waals surface area (Å²) in [5.41, 5.74) is 8.60. The molecule has 14 nitrogen and oxygen atoms in total. The summed E-state index contributed by atoms with van der Waals surface area (Å²) >= 11 is 0. The van der Waals surface area contributed by atoms with E-state index in [-0.39, 0.29) is 18.1 Å². The molecular formula is C26H30N10O4. The van der Waals surface area contributed by atoms with Crippen molar-refractivity contribution in [1.82, 2.24) is 40.2 Å². The number of carbonyl (C=O) groups is 1. The molecule has 14 heteroatoms. The van der Waals surface area contributed by atoms with Crippen molar-refractivity contribution in [2.75, 3.05) is 5.73 Å². The highest BCUT2D eigenvalue weighted by Crippen LogP contribution is 2.33. The van der Waals surface area contributed by atoms with Gasteiger partial charge in [-0.2, -0.15) is 10.1 Å². The smallest absolute Gasteiger partial charge is 0.315 e. The number of nitro benzene ring substituents is 1. The van der Waals surface area contributed by atoms with Crippen LogP contribution >= 0.6 is 0 Å². The Labute approximate surface area is 229 Å². The lowest BCUT2D eigenvalue weighted by atomic mass is 9.96. The van der Waals surface area contributed by atoms with E-state index in [1.807, 2.05) is 34.6 Å². The van der Waals surface area contributed by atoms with E-state index >= 15 is 0 Å². The molecule has 0 saturated heterocycles. The number of aryl methyl sites for hydroxylation is 1. The minimum Gasteiger partial charge on any atom is -0.382 e. The number of nitrogens with zero attached hydrogens (tertiary/aromatic N) is 7. The van der Waals surface area contributed by atoms with Gasteiger partial charge in [0.05, 0.1) is 22.5 Å². The van der Waals surface area contributed by atoms with Crippen molar-refractivity contribution in [3.63, 3.8) is 0 Å². The Bertz CT molecular complexity index is 1690. The minimum absolute atomic E-state index is 0.108. The number of nitrogens with one attached hydrogen (secondary N) is 2. The number of H-pyrrole nitrogens is 1. The summed E-state index contributed by atoms with van der Waals surface area (Å²) in [6.45, 7) is 9.56. The Morgan fingerprint density at radius 2 is 1.95 bits per heavy atom. The quantitative estimate of drug-likeness (QED) is 0.205. The number of fused-ring (bicyclic) bond motifs is 1. The molecule has 0 aliphatic heterocycles. The molecule has 4 N–H and O–H groups in total. The Kier molecular flexibility index (Phi) is 7.61. The average molecular weight is 547 g/mol. The predicted molar refractivity (Wildman–Crippen MR) is 148 cm³/mol. The van der Waals surface area contributed by atoms with Crippen molar-refractivity contribution in [2.45, 2.75) is 46.6 Å². The topological polar surface area (TPSA) is 197 Å². The summed E-state index contributed by atoms with van der Waals surface area (Å²) in [4.78, 5) is 40.1. The van der Waals surface area contributed by atoms with Crippen LogP contribution in [0, 0.1) is 10.1 Å². The summed E-state index contributed by atoms with van der Waals surface area (Å²) < 4.78 is 6.62. The number of amides is 1. The first-order chi connectivity index (χ1) is 19.0. The zero-order valence-corrected chi connectivity index (χ0v) is 23.0. The fourth-order valence-corrected chi connectivity index (χ4v) is 3.89. The van der Waals surface area contributed by atoms with Gasteiger partial charge in [-0.1, -0.05) is 45.8 Å². The van der Waals surface area contributed by atoms with Gasteiger partial charge in [-0.15, -0.1) is 0 Å². The molecular weight excluding hydrogens is 516 g/mol. The maximum Gasteiger partial charge on any atom is 0.315 e. The third kappa shape index (κ3) is 5.50. The number of hydrogen-bond acceptors (Lipinski definition) is 10. The predicted octanol–water partition coefficient (Wildman–Crippen LogP) is 4.15. The Morgan fingerprint density at radius 3 is 2.58 bits per heavy atom. The van der Waals surface area contributed by atoms with Crippen LogP contribution in [0.1, 0.15) is 56.7 Å². The van der Waals surface area contributed by atoms with Gasteiger partial charge in [-0.3, -0.25) is 19.6 Å². The highest BCUT2D eigenvalue weighted by molar-refractivity contribution is 5.92. The second-order valence-electron chi connectivity index (χ2n) is 9.70. The molecule has 5 rings (SSSR count). The fraction of sp³-hybridized carbons (Fsp3) is 0.308. The van der Waals surface area contributed by atoms with E-state index in [0.29, 0.717) is 50.9 Å². The second-order valence-corrected chi connectivity index (χ2v) is 9.70. The van der Waals surface area contributed by atoms with Gasteiger partial charge in [0.25, 0.3) is 5.69 Å². The van der Waals surface area contributed by atoms with Crippen molar-refractivity contribution in [1.29, 1.82) is 0 Å². The lowest BCUT2D eigenvalue weighted by Gasteiger charge is -2.10. The molecule has 208 valence electrons. The maximum absolute atomic E-state index is 12.5. The average Bonchev–Trinajstić information content (AvgIpc) is 3.66. The molecule has 4 heterocycles. The molecule has 40 heavy (non-hydrogen) atoms. The van der Waals surface area contributed by atoms with Crippen LogP contribution in [-0.2, 0) is 19.0 Å². The lowest BCUT2D eigenvalue weighted by Crippen LogP contribution is -2.24. The molecule has 0 bridgehead atoms. The number of aromatic amines is 1. The normalized spacial score (nSPS) is 11.2. The van der Waals surface area contributed by atoms with E-state index in [9.17, 15) is 14.9 Å². The second kappa shape index (κ2) is 10.9. The summed E-state index contributed by atoms with van der Waals surface area (Å²) in [6.07, 6.45) is 3.31. The van der Waals surface area contributed by atoms with E-state index in [4.69, 9.17) is 10.3 Å². The van der Waals surface area contributed by atoms with Gasteiger partial charge in [-0.05, 0) is 17.7 Å². The molecule has 5 aromatic rings. The summed E-state index contributed by atoms with van der Waals surface area (Å²) in [5.74, 6) is 0.342. The van der Waals surface area contributed by atoms with Crippen molar-refractivity contribution in [3.05, 3.63) is 64.1 Å². The number of benzene rings is 1. The van der Waals surface area contributed by atoms with Crippen molar-refractivity contribution >= 4 is 28.6 Å². The molecule has 0 aliphatic rings. The number of rotatable bonds is 6. The first kappa shape index (κ1) is 27.9. The van der Waals surface area contributed by atoms with Crippen LogP contribution in [0.2, 0.25) is 0 Å². The minimum atomic E-state index is -0.623. The number of nitro groups is 1. The zero-order chi connectivity index (χ0) is 29.2. The van der Waals surface area contributed by atoms with Gasteiger partial charge in [0, 0.05) is 42.0 Å². The van der Waals surface area contributed by atoms with Gasteiger partial charge in [0.15, 0.2) is 17.3 Å². The fourth-order valence-electron chi connectivity index (χ4n) is 3.89. The SMILES string of the molecule is CC.Cn1cc(-c2nc3nccc(-c4ccc(CNC(=O)c5nc(C(C)(C)C)no5)c([N+](=O)[O-])c4)c3[nH]2)c(N)n1. The first-order valence-electron chi connectivity index (χ1n) is 12.6. The molecule has 0 radical (unpaired) electrons. The van der Waals surface area contributed by atoms with Crippen molar-refractivity contribution in [2.24, 2.45) is 7.05 Å². The molecule has 1 amide bonds. The van der Waals surface area contributed by atoms with Crippen molar-refractivity contribution in [3.8, 4) is 22.5 Å². The number of nitrogen functional groups attached to an aromatic ring is 1. The molecule has 0 spiro atoms. The number of pyridine rings is 1. The molecule has 0 atom stereocenters. The van der Waals surface area contributed by atoms with Crippen LogP contribution in [-0.4, -0.2) is 45.7 Å². The maximum atomic E-state index is 12.5. The molecule has 4 aromatic heterocycles. The highest BCUT2D eigenvalue weighted by atomic mass is 16.6. The van der Waals surface area contributed by atoms with Crippen LogP contribution in [0.5, 0.6) is 0 Å². The Hall–Kier alpha value is -5.14. The van der Waals surface area contributed by atoms with Crippen LogP contribution in [0.15, 0.2) is 41.2 Å². The highest BCUT2D eigenvalue weighted by Gasteiger charge is 2.25. The number of nitrogens with two attached hydrogens (primary N) is 1. The van der Waals surface area contributed by atoms with Gasteiger partial charge >= 0.3 is 11.8 Å². The summed E-state index contributed by atoms with van der Waals surface area (Å²) in [7, 11) is 1.75. The third-order valence-electron chi connectivity index (χ3n) is 5.83. The van der Waals surface area contributed by atoms with Crippen LogP contribution in [0.3, 0.4) is 0 Å². The number of aromatic nitrogens is 7. The van der Waals surface area contributed by atoms with Gasteiger partial charge in [0.2, 0.25) is 0 Å². The standard InChI is InChI=1S/C24H24N10O4.C2H6/c1-24(2,3)23-30-22(38-32-23)21(35)27-10-13-6-5-12(9-16(13)34(36)37)14-7-8-26-20-17(14)28-19(29-20)15-11-33(4)31-18(15)25;1-2/h5-9,11H,10H2,1-4H3,(H2,25,31)(H,27,35)(H,26,28,29);1-2H3. The van der Waals surface area contributed by atoms with Gasteiger partial charge in [-0.25, -0.2) is 9.97 Å². The zero-order valence-electron chi connectivity index (χ0n) is 23.0. The number of imidazole rings is 1. The molecule has 0 aliphatic carbocycles. The third-order valence-corrected chi connectivity index (χ3v) is 5.83.